The number of nitrogen functional groups attached to an aromatic ring is 1. The topological polar surface area (TPSA) is 64.3 Å². The zero-order valence-corrected chi connectivity index (χ0v) is 13.1. The molecular formula is C18H22N2O2. The van der Waals surface area contributed by atoms with Gasteiger partial charge in [0.25, 0.3) is 0 Å². The summed E-state index contributed by atoms with van der Waals surface area (Å²) in [4.78, 5) is 11.8. The number of carbonyl (C=O) groups excluding carboxylic acids is 1. The minimum atomic E-state index is -0.0323. The summed E-state index contributed by atoms with van der Waals surface area (Å²) < 4.78 is 5.74. The van der Waals surface area contributed by atoms with Crippen LogP contribution in [0.3, 0.4) is 0 Å². The molecule has 0 radical (unpaired) electrons. The number of rotatable bonds is 6. The van der Waals surface area contributed by atoms with E-state index >= 15 is 0 Å². The van der Waals surface area contributed by atoms with Crippen molar-refractivity contribution in [2.24, 2.45) is 0 Å². The molecule has 0 spiro atoms. The van der Waals surface area contributed by atoms with Gasteiger partial charge in [-0.05, 0) is 55.7 Å². The van der Waals surface area contributed by atoms with Crippen LogP contribution in [-0.2, 0) is 4.79 Å². The maximum absolute atomic E-state index is 11.8. The number of carbonyl (C=O) groups is 1. The van der Waals surface area contributed by atoms with Gasteiger partial charge in [-0.15, -0.1) is 0 Å². The van der Waals surface area contributed by atoms with E-state index in [1.807, 2.05) is 38.1 Å². The fourth-order valence-electron chi connectivity index (χ4n) is 2.12. The van der Waals surface area contributed by atoms with Gasteiger partial charge >= 0.3 is 0 Å². The Hall–Kier alpha value is -2.49. The van der Waals surface area contributed by atoms with Gasteiger partial charge in [0.05, 0.1) is 6.61 Å². The molecule has 0 fully saturated rings. The molecule has 22 heavy (non-hydrogen) atoms. The molecular weight excluding hydrogens is 276 g/mol. The van der Waals surface area contributed by atoms with Crippen LogP contribution in [0.5, 0.6) is 5.75 Å². The van der Waals surface area contributed by atoms with Crippen LogP contribution in [0, 0.1) is 13.8 Å². The van der Waals surface area contributed by atoms with E-state index in [0.717, 1.165) is 17.0 Å². The van der Waals surface area contributed by atoms with E-state index in [4.69, 9.17) is 10.5 Å². The van der Waals surface area contributed by atoms with Gasteiger partial charge in [-0.1, -0.05) is 18.2 Å². The van der Waals surface area contributed by atoms with Crippen LogP contribution in [0.4, 0.5) is 11.4 Å². The summed E-state index contributed by atoms with van der Waals surface area (Å²) >= 11 is 0. The molecule has 0 aliphatic heterocycles. The van der Waals surface area contributed by atoms with Gasteiger partial charge in [-0.3, -0.25) is 4.79 Å². The third-order valence-corrected chi connectivity index (χ3v) is 3.32. The molecule has 0 heterocycles. The Bertz CT molecular complexity index is 653. The molecule has 0 atom stereocenters. The number of benzene rings is 2. The first-order chi connectivity index (χ1) is 10.5. The SMILES string of the molecule is Cc1ccc(C)c(OCCCC(=O)Nc2cccc(N)c2)c1. The number of hydrogen-bond acceptors (Lipinski definition) is 3. The van der Waals surface area contributed by atoms with Crippen LogP contribution < -0.4 is 15.8 Å². The number of ether oxygens (including phenoxy) is 1. The minimum absolute atomic E-state index is 0.0323. The zero-order chi connectivity index (χ0) is 15.9. The lowest BCUT2D eigenvalue weighted by molar-refractivity contribution is -0.116. The predicted molar refractivity (Wildman–Crippen MR) is 90.1 cm³/mol. The van der Waals surface area contributed by atoms with Gasteiger partial charge in [-0.2, -0.15) is 0 Å². The summed E-state index contributed by atoms with van der Waals surface area (Å²) in [5.41, 5.74) is 9.31. The van der Waals surface area contributed by atoms with Crippen molar-refractivity contribution in [1.82, 2.24) is 0 Å². The second-order valence-corrected chi connectivity index (χ2v) is 5.39. The number of nitrogens with one attached hydrogen (secondary N) is 1. The van der Waals surface area contributed by atoms with Crippen molar-refractivity contribution in [2.75, 3.05) is 17.7 Å². The van der Waals surface area contributed by atoms with Gasteiger partial charge in [0.15, 0.2) is 0 Å². The van der Waals surface area contributed by atoms with E-state index in [1.54, 1.807) is 12.1 Å². The monoisotopic (exact) mass is 298 g/mol. The van der Waals surface area contributed by atoms with Crippen molar-refractivity contribution in [1.29, 1.82) is 0 Å². The molecule has 0 aliphatic rings. The molecule has 0 saturated heterocycles. The molecule has 0 bridgehead atoms. The lowest BCUT2D eigenvalue weighted by Gasteiger charge is -2.10. The average molecular weight is 298 g/mol. The molecule has 0 saturated carbocycles. The molecule has 4 heteroatoms. The summed E-state index contributed by atoms with van der Waals surface area (Å²) in [6, 6.07) is 13.3. The van der Waals surface area contributed by atoms with Gasteiger partial charge in [0.1, 0.15) is 5.75 Å². The molecule has 4 nitrogen and oxygen atoms in total. The second kappa shape index (κ2) is 7.50. The molecule has 2 aromatic carbocycles. The highest BCUT2D eigenvalue weighted by atomic mass is 16.5. The van der Waals surface area contributed by atoms with Crippen LogP contribution in [0.25, 0.3) is 0 Å². The number of nitrogens with two attached hydrogens (primary N) is 1. The highest BCUT2D eigenvalue weighted by molar-refractivity contribution is 5.91. The number of anilines is 2. The molecule has 0 aromatic heterocycles. The lowest BCUT2D eigenvalue weighted by atomic mass is 10.1. The van der Waals surface area contributed by atoms with E-state index in [9.17, 15) is 4.79 Å². The molecule has 116 valence electrons. The highest BCUT2D eigenvalue weighted by Crippen LogP contribution is 2.19. The number of amides is 1. The molecule has 2 rings (SSSR count). The summed E-state index contributed by atoms with van der Waals surface area (Å²) in [6.07, 6.45) is 1.08. The molecule has 0 unspecified atom stereocenters. The first kappa shape index (κ1) is 15.9. The van der Waals surface area contributed by atoms with Crippen molar-refractivity contribution in [3.63, 3.8) is 0 Å². The molecule has 3 N–H and O–H groups in total. The number of aryl methyl sites for hydroxylation is 2. The molecule has 2 aromatic rings. The van der Waals surface area contributed by atoms with Crippen LogP contribution in [0.2, 0.25) is 0 Å². The van der Waals surface area contributed by atoms with Crippen molar-refractivity contribution < 1.29 is 9.53 Å². The summed E-state index contributed by atoms with van der Waals surface area (Å²) in [5.74, 6) is 0.853. The van der Waals surface area contributed by atoms with Crippen molar-refractivity contribution in [3.8, 4) is 5.75 Å². The lowest BCUT2D eigenvalue weighted by Crippen LogP contribution is -2.13. The van der Waals surface area contributed by atoms with Crippen LogP contribution in [-0.4, -0.2) is 12.5 Å². The Morgan fingerprint density at radius 3 is 2.77 bits per heavy atom. The Balaban J connectivity index is 1.74. The third-order valence-electron chi connectivity index (χ3n) is 3.32. The van der Waals surface area contributed by atoms with Gasteiger partial charge in [-0.25, -0.2) is 0 Å². The average Bonchev–Trinajstić information content (AvgIpc) is 2.47. The van der Waals surface area contributed by atoms with Gasteiger partial charge < -0.3 is 15.8 Å². The van der Waals surface area contributed by atoms with E-state index in [-0.39, 0.29) is 5.91 Å². The maximum atomic E-state index is 11.8. The van der Waals surface area contributed by atoms with Gasteiger partial charge in [0.2, 0.25) is 5.91 Å². The van der Waals surface area contributed by atoms with Crippen LogP contribution >= 0.6 is 0 Å². The number of hydrogen-bond donors (Lipinski definition) is 2. The standard InChI is InChI=1S/C18H22N2O2/c1-13-8-9-14(2)17(11-13)22-10-4-7-18(21)20-16-6-3-5-15(19)12-16/h3,5-6,8-9,11-12H,4,7,10,19H2,1-2H3,(H,20,21). The Morgan fingerprint density at radius 1 is 1.18 bits per heavy atom. The van der Waals surface area contributed by atoms with Gasteiger partial charge in [0, 0.05) is 17.8 Å². The van der Waals surface area contributed by atoms with E-state index in [1.165, 1.54) is 5.56 Å². The van der Waals surface area contributed by atoms with Crippen molar-refractivity contribution in [3.05, 3.63) is 53.6 Å². The predicted octanol–water partition coefficient (Wildman–Crippen LogP) is 3.68. The van der Waals surface area contributed by atoms with Crippen molar-refractivity contribution >= 4 is 17.3 Å². The largest absolute Gasteiger partial charge is 0.493 e. The van der Waals surface area contributed by atoms with E-state index < -0.39 is 0 Å². The van der Waals surface area contributed by atoms with Crippen molar-refractivity contribution in [2.45, 2.75) is 26.7 Å². The Labute approximate surface area is 131 Å². The smallest absolute Gasteiger partial charge is 0.224 e. The summed E-state index contributed by atoms with van der Waals surface area (Å²) in [7, 11) is 0. The third kappa shape index (κ3) is 4.81. The fourth-order valence-corrected chi connectivity index (χ4v) is 2.12. The quantitative estimate of drug-likeness (QED) is 0.631. The van der Waals surface area contributed by atoms with E-state index in [0.29, 0.717) is 25.1 Å². The Kier molecular flexibility index (Phi) is 5.42. The highest BCUT2D eigenvalue weighted by Gasteiger charge is 2.04. The first-order valence-corrected chi connectivity index (χ1v) is 7.40. The van der Waals surface area contributed by atoms with Crippen LogP contribution in [0.1, 0.15) is 24.0 Å². The normalized spacial score (nSPS) is 10.3. The van der Waals surface area contributed by atoms with Crippen LogP contribution in [0.15, 0.2) is 42.5 Å². The molecule has 0 aliphatic carbocycles. The fraction of sp³-hybridized carbons (Fsp3) is 0.278. The minimum Gasteiger partial charge on any atom is -0.493 e. The second-order valence-electron chi connectivity index (χ2n) is 5.39. The maximum Gasteiger partial charge on any atom is 0.224 e. The first-order valence-electron chi connectivity index (χ1n) is 7.40. The molecule has 1 amide bonds. The summed E-state index contributed by atoms with van der Waals surface area (Å²) in [6.45, 7) is 4.57. The summed E-state index contributed by atoms with van der Waals surface area (Å²) in [5, 5.41) is 2.83. The Morgan fingerprint density at radius 2 is 2.00 bits per heavy atom. The van der Waals surface area contributed by atoms with E-state index in [2.05, 4.69) is 11.4 Å². The zero-order valence-electron chi connectivity index (χ0n) is 13.1.